The van der Waals surface area contributed by atoms with E-state index in [-0.39, 0.29) is 0 Å². The number of hydrogen-bond acceptors (Lipinski definition) is 0. The van der Waals surface area contributed by atoms with Crippen molar-refractivity contribution in [3.8, 4) is 0 Å². The lowest BCUT2D eigenvalue weighted by atomic mass is 9.89. The van der Waals surface area contributed by atoms with Crippen LogP contribution in [0.25, 0.3) is 0 Å². The molecule has 0 bridgehead atoms. The monoisotopic (exact) mass is 493 g/mol. The molecule has 0 aromatic carbocycles. The van der Waals surface area contributed by atoms with Crippen LogP contribution in [0.1, 0.15) is 220 Å². The first-order valence-electron chi connectivity index (χ1n) is 17.3. The lowest BCUT2D eigenvalue weighted by Crippen LogP contribution is -2.01. The van der Waals surface area contributed by atoms with E-state index in [4.69, 9.17) is 0 Å². The molecule has 0 heterocycles. The van der Waals surface area contributed by atoms with Gasteiger partial charge in [-0.2, -0.15) is 0 Å². The summed E-state index contributed by atoms with van der Waals surface area (Å²) in [5.41, 5.74) is 0. The topological polar surface area (TPSA) is 0 Å². The van der Waals surface area contributed by atoms with Gasteiger partial charge in [-0.25, -0.2) is 0 Å². The fourth-order valence-corrected chi connectivity index (χ4v) is 5.84. The average molecular weight is 493 g/mol. The Bertz CT molecular complexity index is 346. The van der Waals surface area contributed by atoms with Crippen molar-refractivity contribution in [3.63, 3.8) is 0 Å². The maximum Gasteiger partial charge on any atom is -0.0414 e. The maximum absolute atomic E-state index is 2.35. The number of hydrogen-bond donors (Lipinski definition) is 0. The van der Waals surface area contributed by atoms with Crippen molar-refractivity contribution in [1.29, 1.82) is 0 Å². The van der Waals surface area contributed by atoms with Crippen LogP contribution in [0.4, 0.5) is 0 Å². The standard InChI is InChI=1S/C35H72/c1-4-7-10-12-13-14-15-16-17-18-19-20-21-22-23-24-25-26-28-31-34-35(32-29-9-6-3)33-30-27-11-8-5-2/h35H,4-34H2,1-3H3. The van der Waals surface area contributed by atoms with Crippen molar-refractivity contribution in [2.75, 3.05) is 0 Å². The predicted octanol–water partition coefficient (Wildman–Crippen LogP) is 13.8. The molecule has 0 aliphatic heterocycles. The first-order chi connectivity index (χ1) is 17.3. The molecular weight excluding hydrogens is 420 g/mol. The van der Waals surface area contributed by atoms with Gasteiger partial charge in [-0.05, 0) is 5.92 Å². The molecule has 0 rings (SSSR count). The summed E-state index contributed by atoms with van der Waals surface area (Å²) in [6.07, 6.45) is 45.8. The van der Waals surface area contributed by atoms with Gasteiger partial charge in [0.2, 0.25) is 0 Å². The minimum absolute atomic E-state index is 1.04. The summed E-state index contributed by atoms with van der Waals surface area (Å²) in [5, 5.41) is 0. The van der Waals surface area contributed by atoms with Gasteiger partial charge in [0.25, 0.3) is 0 Å². The summed E-state index contributed by atoms with van der Waals surface area (Å²) in [6.45, 7) is 6.98. The average Bonchev–Trinajstić information content (AvgIpc) is 2.87. The molecule has 1 atom stereocenters. The van der Waals surface area contributed by atoms with Crippen LogP contribution in [-0.4, -0.2) is 0 Å². The molecule has 212 valence electrons. The van der Waals surface area contributed by atoms with E-state index in [2.05, 4.69) is 20.8 Å². The lowest BCUT2D eigenvalue weighted by Gasteiger charge is -2.17. The quantitative estimate of drug-likeness (QED) is 0.0844. The summed E-state index contributed by atoms with van der Waals surface area (Å²) < 4.78 is 0. The molecule has 0 N–H and O–H groups in total. The Hall–Kier alpha value is 0. The smallest absolute Gasteiger partial charge is 0.0414 e. The van der Waals surface area contributed by atoms with E-state index in [0.29, 0.717) is 0 Å². The van der Waals surface area contributed by atoms with Crippen molar-refractivity contribution < 1.29 is 0 Å². The van der Waals surface area contributed by atoms with Gasteiger partial charge in [0.05, 0.1) is 0 Å². The van der Waals surface area contributed by atoms with E-state index < -0.39 is 0 Å². The van der Waals surface area contributed by atoms with Crippen LogP contribution in [0.15, 0.2) is 0 Å². The van der Waals surface area contributed by atoms with Gasteiger partial charge in [-0.3, -0.25) is 0 Å². The molecule has 0 saturated heterocycles. The molecule has 0 saturated carbocycles. The van der Waals surface area contributed by atoms with Crippen molar-refractivity contribution in [3.05, 3.63) is 0 Å². The fraction of sp³-hybridized carbons (Fsp3) is 1.00. The first-order valence-corrected chi connectivity index (χ1v) is 17.3. The fourth-order valence-electron chi connectivity index (χ4n) is 5.84. The van der Waals surface area contributed by atoms with Crippen LogP contribution in [0, 0.1) is 5.92 Å². The molecule has 0 aromatic rings. The van der Waals surface area contributed by atoms with Gasteiger partial charge in [0.1, 0.15) is 0 Å². The largest absolute Gasteiger partial charge is 0.0654 e. The van der Waals surface area contributed by atoms with Crippen molar-refractivity contribution in [1.82, 2.24) is 0 Å². The molecular formula is C35H72. The van der Waals surface area contributed by atoms with Crippen LogP contribution < -0.4 is 0 Å². The lowest BCUT2D eigenvalue weighted by molar-refractivity contribution is 0.368. The molecule has 0 heteroatoms. The molecule has 0 fully saturated rings. The Morgan fingerprint density at radius 3 is 0.657 bits per heavy atom. The molecule has 0 aromatic heterocycles. The molecule has 35 heavy (non-hydrogen) atoms. The highest BCUT2D eigenvalue weighted by atomic mass is 14.1. The second-order valence-electron chi connectivity index (χ2n) is 12.1. The van der Waals surface area contributed by atoms with Gasteiger partial charge in [-0.15, -0.1) is 0 Å². The van der Waals surface area contributed by atoms with Crippen LogP contribution in [0.5, 0.6) is 0 Å². The minimum Gasteiger partial charge on any atom is -0.0654 e. The highest BCUT2D eigenvalue weighted by molar-refractivity contribution is 4.62. The zero-order valence-corrected chi connectivity index (χ0v) is 25.5. The van der Waals surface area contributed by atoms with Crippen LogP contribution in [-0.2, 0) is 0 Å². The summed E-state index contributed by atoms with van der Waals surface area (Å²) >= 11 is 0. The van der Waals surface area contributed by atoms with Gasteiger partial charge in [0, 0.05) is 0 Å². The van der Waals surface area contributed by atoms with Gasteiger partial charge >= 0.3 is 0 Å². The normalized spacial score (nSPS) is 12.4. The Kier molecular flexibility index (Phi) is 32.0. The Balaban J connectivity index is 3.37. The van der Waals surface area contributed by atoms with E-state index in [1.807, 2.05) is 0 Å². The van der Waals surface area contributed by atoms with Crippen molar-refractivity contribution >= 4 is 0 Å². The summed E-state index contributed by atoms with van der Waals surface area (Å²) in [4.78, 5) is 0. The number of rotatable bonds is 31. The molecule has 0 spiro atoms. The second-order valence-corrected chi connectivity index (χ2v) is 12.1. The summed E-state index contributed by atoms with van der Waals surface area (Å²) in [6, 6.07) is 0. The molecule has 1 unspecified atom stereocenters. The van der Waals surface area contributed by atoms with Crippen LogP contribution in [0.2, 0.25) is 0 Å². The van der Waals surface area contributed by atoms with Crippen molar-refractivity contribution in [2.24, 2.45) is 5.92 Å². The van der Waals surface area contributed by atoms with Gasteiger partial charge < -0.3 is 0 Å². The molecule has 0 radical (unpaired) electrons. The van der Waals surface area contributed by atoms with Crippen LogP contribution >= 0.6 is 0 Å². The maximum atomic E-state index is 2.35. The van der Waals surface area contributed by atoms with Gasteiger partial charge in [0.15, 0.2) is 0 Å². The SMILES string of the molecule is CCCCCCCCCCCCCCCCCCCCCCC(CCCCC)CCCCCCC. The summed E-state index contributed by atoms with van der Waals surface area (Å²) in [5.74, 6) is 1.04. The third kappa shape index (κ3) is 30.1. The summed E-state index contributed by atoms with van der Waals surface area (Å²) in [7, 11) is 0. The molecule has 0 amide bonds. The predicted molar refractivity (Wildman–Crippen MR) is 164 cm³/mol. The molecule has 0 aliphatic rings. The Labute approximate surface area is 225 Å². The zero-order valence-electron chi connectivity index (χ0n) is 25.5. The third-order valence-electron chi connectivity index (χ3n) is 8.40. The van der Waals surface area contributed by atoms with E-state index in [0.717, 1.165) is 5.92 Å². The second kappa shape index (κ2) is 32.0. The minimum atomic E-state index is 1.04. The van der Waals surface area contributed by atoms with E-state index >= 15 is 0 Å². The highest BCUT2D eigenvalue weighted by Gasteiger charge is 2.08. The van der Waals surface area contributed by atoms with Gasteiger partial charge in [-0.1, -0.05) is 220 Å². The van der Waals surface area contributed by atoms with E-state index in [9.17, 15) is 0 Å². The van der Waals surface area contributed by atoms with E-state index in [1.54, 1.807) is 0 Å². The first kappa shape index (κ1) is 35.0. The van der Waals surface area contributed by atoms with Crippen LogP contribution in [0.3, 0.4) is 0 Å². The van der Waals surface area contributed by atoms with E-state index in [1.165, 1.54) is 199 Å². The zero-order chi connectivity index (χ0) is 25.5. The molecule has 0 aliphatic carbocycles. The Morgan fingerprint density at radius 2 is 0.400 bits per heavy atom. The highest BCUT2D eigenvalue weighted by Crippen LogP contribution is 2.24. The Morgan fingerprint density at radius 1 is 0.229 bits per heavy atom. The molecule has 0 nitrogen and oxygen atoms in total. The van der Waals surface area contributed by atoms with Crippen molar-refractivity contribution in [2.45, 2.75) is 220 Å². The number of unbranched alkanes of at least 4 members (excludes halogenated alkanes) is 25. The third-order valence-corrected chi connectivity index (χ3v) is 8.40.